The number of rotatable bonds is 2. The number of para-hydroxylation sites is 1. The minimum Gasteiger partial charge on any atom is -0.493 e. The van der Waals surface area contributed by atoms with Crippen LogP contribution < -0.4 is 9.46 Å². The van der Waals surface area contributed by atoms with Gasteiger partial charge in [-0.25, -0.2) is 13.1 Å². The van der Waals surface area contributed by atoms with Gasteiger partial charge in [0.25, 0.3) is 0 Å². The fourth-order valence-corrected chi connectivity index (χ4v) is 6.08. The number of sulfonamides is 1. The van der Waals surface area contributed by atoms with E-state index < -0.39 is 10.0 Å². The van der Waals surface area contributed by atoms with Crippen LogP contribution in [0.15, 0.2) is 24.3 Å². The third-order valence-electron chi connectivity index (χ3n) is 6.79. The second kappa shape index (κ2) is 9.88. The van der Waals surface area contributed by atoms with Gasteiger partial charge in [0.2, 0.25) is 15.9 Å². The van der Waals surface area contributed by atoms with Crippen molar-refractivity contribution in [3.8, 4) is 5.75 Å². The minimum atomic E-state index is -3.36. The van der Waals surface area contributed by atoms with Crippen molar-refractivity contribution in [2.75, 3.05) is 26.0 Å². The van der Waals surface area contributed by atoms with Gasteiger partial charge in [0, 0.05) is 19.0 Å². The summed E-state index contributed by atoms with van der Waals surface area (Å²) in [4.78, 5) is 14.9. The van der Waals surface area contributed by atoms with Crippen molar-refractivity contribution in [3.63, 3.8) is 0 Å². The SMILES string of the molecule is CS(=O)(=O)NC1CCCN2C(=O)CCCOc3ccccc3C3CCC(CC3)OC[C@@H]12. The van der Waals surface area contributed by atoms with Crippen LogP contribution >= 0.6 is 0 Å². The molecule has 4 aliphatic rings. The van der Waals surface area contributed by atoms with E-state index in [1.54, 1.807) is 0 Å². The highest BCUT2D eigenvalue weighted by Gasteiger charge is 2.37. The van der Waals surface area contributed by atoms with Crippen molar-refractivity contribution >= 4 is 15.9 Å². The van der Waals surface area contributed by atoms with Gasteiger partial charge in [0.1, 0.15) is 5.75 Å². The Bertz CT molecular complexity index is 866. The van der Waals surface area contributed by atoms with Gasteiger partial charge >= 0.3 is 0 Å². The first-order chi connectivity index (χ1) is 14.9. The first-order valence-electron chi connectivity index (χ1n) is 11.5. The molecule has 1 aromatic rings. The number of fused-ring (bicyclic) bond motifs is 7. The Kier molecular flexibility index (Phi) is 7.19. The molecule has 1 unspecified atom stereocenters. The average molecular weight is 451 g/mol. The van der Waals surface area contributed by atoms with E-state index in [2.05, 4.69) is 16.9 Å². The maximum atomic E-state index is 13.0. The summed E-state index contributed by atoms with van der Waals surface area (Å²) in [5.41, 5.74) is 1.26. The molecule has 1 saturated heterocycles. The fourth-order valence-electron chi connectivity index (χ4n) is 5.26. The summed E-state index contributed by atoms with van der Waals surface area (Å²) in [6.45, 7) is 1.52. The number of benzene rings is 1. The molecule has 5 rings (SSSR count). The Balaban J connectivity index is 1.54. The second-order valence-corrected chi connectivity index (χ2v) is 10.9. The van der Waals surface area contributed by atoms with Crippen LogP contribution in [-0.4, -0.2) is 63.4 Å². The number of piperidine rings is 1. The maximum Gasteiger partial charge on any atom is 0.223 e. The van der Waals surface area contributed by atoms with Gasteiger partial charge < -0.3 is 14.4 Å². The van der Waals surface area contributed by atoms with Crippen molar-refractivity contribution < 1.29 is 22.7 Å². The minimum absolute atomic E-state index is 0.0460. The topological polar surface area (TPSA) is 84.9 Å². The molecule has 31 heavy (non-hydrogen) atoms. The number of amides is 1. The van der Waals surface area contributed by atoms with E-state index in [4.69, 9.17) is 9.47 Å². The van der Waals surface area contributed by atoms with Crippen LogP contribution in [0.25, 0.3) is 0 Å². The van der Waals surface area contributed by atoms with E-state index >= 15 is 0 Å². The van der Waals surface area contributed by atoms with Crippen molar-refractivity contribution in [2.45, 2.75) is 75.5 Å². The third kappa shape index (κ3) is 5.79. The molecule has 3 heterocycles. The van der Waals surface area contributed by atoms with Crippen LogP contribution in [-0.2, 0) is 19.6 Å². The van der Waals surface area contributed by atoms with Crippen LogP contribution in [0.4, 0.5) is 0 Å². The first kappa shape index (κ1) is 22.6. The summed E-state index contributed by atoms with van der Waals surface area (Å²) < 4.78 is 39.0. The van der Waals surface area contributed by atoms with Crippen LogP contribution in [0, 0.1) is 0 Å². The molecule has 0 spiro atoms. The predicted octanol–water partition coefficient (Wildman–Crippen LogP) is 2.81. The molecule has 2 atom stereocenters. The predicted molar refractivity (Wildman–Crippen MR) is 119 cm³/mol. The van der Waals surface area contributed by atoms with E-state index in [9.17, 15) is 13.2 Å². The van der Waals surface area contributed by atoms with Gasteiger partial charge in [-0.3, -0.25) is 4.79 Å². The van der Waals surface area contributed by atoms with Gasteiger partial charge in [-0.2, -0.15) is 0 Å². The Labute approximate surface area is 185 Å². The smallest absolute Gasteiger partial charge is 0.223 e. The van der Waals surface area contributed by atoms with E-state index in [1.807, 2.05) is 17.0 Å². The highest BCUT2D eigenvalue weighted by Crippen LogP contribution is 2.38. The van der Waals surface area contributed by atoms with Crippen LogP contribution in [0.5, 0.6) is 5.75 Å². The van der Waals surface area contributed by atoms with Gasteiger partial charge in [0.15, 0.2) is 0 Å². The Hall–Kier alpha value is -1.64. The lowest BCUT2D eigenvalue weighted by Crippen LogP contribution is -2.59. The molecule has 1 N–H and O–H groups in total. The normalized spacial score (nSPS) is 30.5. The molecule has 1 saturated carbocycles. The van der Waals surface area contributed by atoms with Crippen LogP contribution in [0.1, 0.15) is 62.8 Å². The summed E-state index contributed by atoms with van der Waals surface area (Å²) in [5, 5.41) is 0. The summed E-state index contributed by atoms with van der Waals surface area (Å²) in [6, 6.07) is 7.68. The Morgan fingerprint density at radius 3 is 2.61 bits per heavy atom. The van der Waals surface area contributed by atoms with Gasteiger partial charge in [-0.1, -0.05) is 18.2 Å². The molecule has 2 bridgehead atoms. The fraction of sp³-hybridized carbons (Fsp3) is 0.696. The molecule has 3 aliphatic heterocycles. The molecule has 2 fully saturated rings. The lowest BCUT2D eigenvalue weighted by molar-refractivity contribution is -0.138. The molecular weight excluding hydrogens is 416 g/mol. The zero-order valence-corrected chi connectivity index (χ0v) is 19.1. The van der Waals surface area contributed by atoms with Gasteiger partial charge in [-0.15, -0.1) is 0 Å². The largest absolute Gasteiger partial charge is 0.493 e. The van der Waals surface area contributed by atoms with E-state index in [-0.39, 0.29) is 24.1 Å². The number of nitrogens with one attached hydrogen (secondary N) is 1. The van der Waals surface area contributed by atoms with Gasteiger partial charge in [-0.05, 0) is 62.5 Å². The maximum absolute atomic E-state index is 13.0. The molecular formula is C23H34N2O5S. The summed E-state index contributed by atoms with van der Waals surface area (Å²) in [6.07, 6.45) is 7.86. The zero-order valence-electron chi connectivity index (χ0n) is 18.3. The van der Waals surface area contributed by atoms with E-state index in [1.165, 1.54) is 11.8 Å². The third-order valence-corrected chi connectivity index (χ3v) is 7.52. The van der Waals surface area contributed by atoms with Crippen LogP contribution in [0.3, 0.4) is 0 Å². The number of nitrogens with zero attached hydrogens (tertiary/aromatic N) is 1. The summed E-state index contributed by atoms with van der Waals surface area (Å²) in [5.74, 6) is 1.45. The van der Waals surface area contributed by atoms with E-state index in [0.717, 1.165) is 44.3 Å². The molecule has 8 heteroatoms. The average Bonchev–Trinajstić information content (AvgIpc) is 2.75. The summed E-state index contributed by atoms with van der Waals surface area (Å²) in [7, 11) is -3.36. The Morgan fingerprint density at radius 1 is 1.06 bits per heavy atom. The highest BCUT2D eigenvalue weighted by atomic mass is 32.2. The molecule has 1 amide bonds. The van der Waals surface area contributed by atoms with Crippen molar-refractivity contribution in [3.05, 3.63) is 29.8 Å². The lowest BCUT2D eigenvalue weighted by atomic mass is 9.82. The lowest BCUT2D eigenvalue weighted by Gasteiger charge is -2.42. The molecule has 0 aromatic heterocycles. The zero-order chi connectivity index (χ0) is 21.8. The van der Waals surface area contributed by atoms with Crippen molar-refractivity contribution in [1.82, 2.24) is 9.62 Å². The van der Waals surface area contributed by atoms with Crippen LogP contribution in [0.2, 0.25) is 0 Å². The molecule has 7 nitrogen and oxygen atoms in total. The first-order valence-corrected chi connectivity index (χ1v) is 13.4. The standard InChI is InChI=1S/C23H34N2O5S/c1-31(27,28)24-20-7-4-14-25-21(20)16-30-18-12-10-17(11-13-18)19-6-2-3-8-22(19)29-15-5-9-23(25)26/h2-3,6,8,17-18,20-21,24H,4-5,7,9-16H2,1H3/t17?,18?,20?,21-/m0/s1. The monoisotopic (exact) mass is 450 g/mol. The van der Waals surface area contributed by atoms with Gasteiger partial charge in [0.05, 0.1) is 31.6 Å². The highest BCUT2D eigenvalue weighted by molar-refractivity contribution is 7.88. The van der Waals surface area contributed by atoms with Crippen molar-refractivity contribution in [1.29, 1.82) is 0 Å². The molecule has 1 aromatic carbocycles. The molecule has 0 radical (unpaired) electrons. The van der Waals surface area contributed by atoms with E-state index in [0.29, 0.717) is 38.5 Å². The number of carbonyl (C=O) groups is 1. The molecule has 1 aliphatic carbocycles. The van der Waals surface area contributed by atoms with Crippen molar-refractivity contribution in [2.24, 2.45) is 0 Å². The number of ether oxygens (including phenoxy) is 2. The molecule has 172 valence electrons. The summed E-state index contributed by atoms with van der Waals surface area (Å²) >= 11 is 0. The number of carbonyl (C=O) groups excluding carboxylic acids is 1. The quantitative estimate of drug-likeness (QED) is 0.749. The second-order valence-electron chi connectivity index (χ2n) is 9.09. The Morgan fingerprint density at radius 2 is 1.84 bits per heavy atom. The number of hydrogen-bond acceptors (Lipinski definition) is 5. The number of hydrogen-bond donors (Lipinski definition) is 1.